The highest BCUT2D eigenvalue weighted by Crippen LogP contribution is 2.15. The van der Waals surface area contributed by atoms with Crippen LogP contribution >= 0.6 is 0 Å². The molecule has 2 rings (SSSR count). The van der Waals surface area contributed by atoms with Crippen LogP contribution in [0.25, 0.3) is 0 Å². The normalized spacial score (nSPS) is 10.2. The van der Waals surface area contributed by atoms with E-state index in [0.717, 1.165) is 0 Å². The van der Waals surface area contributed by atoms with Crippen molar-refractivity contribution in [2.24, 2.45) is 0 Å². The van der Waals surface area contributed by atoms with Crippen LogP contribution < -0.4 is 4.74 Å². The number of aliphatic carboxylic acids is 1. The second-order valence-electron chi connectivity index (χ2n) is 4.09. The Morgan fingerprint density at radius 1 is 1.11 bits per heavy atom. The quantitative estimate of drug-likeness (QED) is 0.898. The van der Waals surface area contributed by atoms with Gasteiger partial charge in [-0.15, -0.1) is 0 Å². The number of carbonyl (C=O) groups is 1. The van der Waals surface area contributed by atoms with Gasteiger partial charge < -0.3 is 9.84 Å². The van der Waals surface area contributed by atoms with Gasteiger partial charge in [0, 0.05) is 5.56 Å². The lowest BCUT2D eigenvalue weighted by Gasteiger charge is -2.07. The minimum atomic E-state index is -0.875. The third-order valence-corrected chi connectivity index (χ3v) is 2.63. The molecule has 0 aliphatic heterocycles. The van der Waals surface area contributed by atoms with E-state index in [0.29, 0.717) is 16.9 Å². The molecule has 0 aromatic heterocycles. The maximum absolute atomic E-state index is 13.4. The molecule has 1 N–H and O–H groups in total. The zero-order valence-corrected chi connectivity index (χ0v) is 10.2. The molecule has 0 saturated heterocycles. The first kappa shape index (κ1) is 13.1. The monoisotopic (exact) mass is 260 g/mol. The molecule has 2 aromatic rings. The second-order valence-corrected chi connectivity index (χ2v) is 4.09. The fourth-order valence-electron chi connectivity index (χ4n) is 1.65. The Morgan fingerprint density at radius 2 is 1.79 bits per heavy atom. The van der Waals surface area contributed by atoms with Crippen molar-refractivity contribution in [2.45, 2.75) is 13.0 Å². The van der Waals surface area contributed by atoms with Gasteiger partial charge in [0.05, 0.1) is 6.42 Å². The largest absolute Gasteiger partial charge is 0.489 e. The Hall–Kier alpha value is -2.36. The Labute approximate surface area is 110 Å². The number of rotatable bonds is 5. The predicted molar refractivity (Wildman–Crippen MR) is 68.5 cm³/mol. The van der Waals surface area contributed by atoms with Crippen LogP contribution in [0.4, 0.5) is 4.39 Å². The molecule has 0 heterocycles. The first-order valence-electron chi connectivity index (χ1n) is 5.82. The average Bonchev–Trinajstić information content (AvgIpc) is 2.39. The average molecular weight is 260 g/mol. The third-order valence-electron chi connectivity index (χ3n) is 2.63. The summed E-state index contributed by atoms with van der Waals surface area (Å²) in [5.41, 5.74) is 1.18. The van der Waals surface area contributed by atoms with Crippen molar-refractivity contribution in [3.8, 4) is 5.75 Å². The summed E-state index contributed by atoms with van der Waals surface area (Å²) in [7, 11) is 0. The van der Waals surface area contributed by atoms with Gasteiger partial charge in [-0.3, -0.25) is 4.79 Å². The summed E-state index contributed by atoms with van der Waals surface area (Å²) < 4.78 is 18.8. The smallest absolute Gasteiger partial charge is 0.307 e. The van der Waals surface area contributed by atoms with Crippen molar-refractivity contribution in [1.29, 1.82) is 0 Å². The van der Waals surface area contributed by atoms with Crippen LogP contribution in [0, 0.1) is 5.82 Å². The van der Waals surface area contributed by atoms with E-state index in [1.54, 1.807) is 42.5 Å². The first-order chi connectivity index (χ1) is 9.15. The number of halogens is 1. The van der Waals surface area contributed by atoms with Crippen LogP contribution in [0.3, 0.4) is 0 Å². The Bertz CT molecular complexity index is 564. The standard InChI is InChI=1S/C15H13FO3/c16-14-4-2-1-3-12(14)10-19-13-7-5-11(6-8-13)9-15(17)18/h1-8H,9-10H2,(H,17,18). The highest BCUT2D eigenvalue weighted by molar-refractivity contribution is 5.70. The second kappa shape index (κ2) is 6.00. The van der Waals surface area contributed by atoms with Crippen LogP contribution in [-0.2, 0) is 17.8 Å². The van der Waals surface area contributed by atoms with Crippen LogP contribution in [0.5, 0.6) is 5.75 Å². The van der Waals surface area contributed by atoms with Crippen molar-refractivity contribution in [3.05, 3.63) is 65.5 Å². The predicted octanol–water partition coefficient (Wildman–Crippen LogP) is 3.03. The van der Waals surface area contributed by atoms with Crippen molar-refractivity contribution in [3.63, 3.8) is 0 Å². The fourth-order valence-corrected chi connectivity index (χ4v) is 1.65. The van der Waals surface area contributed by atoms with Crippen molar-refractivity contribution in [2.75, 3.05) is 0 Å². The van der Waals surface area contributed by atoms with E-state index in [-0.39, 0.29) is 18.8 Å². The molecule has 98 valence electrons. The SMILES string of the molecule is O=C(O)Cc1ccc(OCc2ccccc2F)cc1. The Morgan fingerprint density at radius 3 is 2.42 bits per heavy atom. The molecule has 19 heavy (non-hydrogen) atoms. The molecule has 4 heteroatoms. The molecular weight excluding hydrogens is 247 g/mol. The maximum Gasteiger partial charge on any atom is 0.307 e. The Balaban J connectivity index is 1.97. The van der Waals surface area contributed by atoms with Crippen LogP contribution in [0.2, 0.25) is 0 Å². The van der Waals surface area contributed by atoms with Gasteiger partial charge in [-0.25, -0.2) is 4.39 Å². The molecule has 0 aliphatic carbocycles. The molecule has 0 amide bonds. The van der Waals surface area contributed by atoms with Gasteiger partial charge in [0.15, 0.2) is 0 Å². The van der Waals surface area contributed by atoms with Gasteiger partial charge in [-0.2, -0.15) is 0 Å². The van der Waals surface area contributed by atoms with E-state index in [1.807, 2.05) is 0 Å². The van der Waals surface area contributed by atoms with E-state index in [2.05, 4.69) is 0 Å². The first-order valence-corrected chi connectivity index (χ1v) is 5.82. The third kappa shape index (κ3) is 3.81. The van der Waals surface area contributed by atoms with E-state index in [9.17, 15) is 9.18 Å². The maximum atomic E-state index is 13.4. The molecule has 0 saturated carbocycles. The summed E-state index contributed by atoms with van der Waals surface area (Å²) >= 11 is 0. The number of carboxylic acid groups (broad SMARTS) is 1. The van der Waals surface area contributed by atoms with Crippen molar-refractivity contribution >= 4 is 5.97 Å². The molecule has 0 unspecified atom stereocenters. The molecule has 0 bridgehead atoms. The van der Waals surface area contributed by atoms with E-state index in [1.165, 1.54) is 6.07 Å². The van der Waals surface area contributed by atoms with E-state index < -0.39 is 5.97 Å². The fraction of sp³-hybridized carbons (Fsp3) is 0.133. The van der Waals surface area contributed by atoms with Crippen LogP contribution in [0.15, 0.2) is 48.5 Å². The summed E-state index contributed by atoms with van der Waals surface area (Å²) in [4.78, 5) is 10.5. The molecule has 0 aliphatic rings. The van der Waals surface area contributed by atoms with Gasteiger partial charge >= 0.3 is 5.97 Å². The number of ether oxygens (including phenoxy) is 1. The van der Waals surface area contributed by atoms with Gasteiger partial charge in [0.2, 0.25) is 0 Å². The van der Waals surface area contributed by atoms with Gasteiger partial charge in [0.1, 0.15) is 18.2 Å². The van der Waals surface area contributed by atoms with Crippen LogP contribution in [-0.4, -0.2) is 11.1 Å². The van der Waals surface area contributed by atoms with E-state index in [4.69, 9.17) is 9.84 Å². The summed E-state index contributed by atoms with van der Waals surface area (Å²) in [6, 6.07) is 13.1. The van der Waals surface area contributed by atoms with E-state index >= 15 is 0 Å². The highest BCUT2D eigenvalue weighted by Gasteiger charge is 2.03. The molecule has 0 spiro atoms. The molecule has 0 atom stereocenters. The van der Waals surface area contributed by atoms with Gasteiger partial charge in [-0.05, 0) is 23.8 Å². The molecule has 2 aromatic carbocycles. The molecular formula is C15H13FO3. The lowest BCUT2D eigenvalue weighted by molar-refractivity contribution is -0.136. The zero-order chi connectivity index (χ0) is 13.7. The topological polar surface area (TPSA) is 46.5 Å². The van der Waals surface area contributed by atoms with Gasteiger partial charge in [0.25, 0.3) is 0 Å². The number of benzene rings is 2. The molecule has 0 radical (unpaired) electrons. The lowest BCUT2D eigenvalue weighted by atomic mass is 10.1. The number of hydrogen-bond donors (Lipinski definition) is 1. The van der Waals surface area contributed by atoms with Crippen molar-refractivity contribution < 1.29 is 19.0 Å². The zero-order valence-electron chi connectivity index (χ0n) is 10.2. The van der Waals surface area contributed by atoms with Crippen molar-refractivity contribution in [1.82, 2.24) is 0 Å². The van der Waals surface area contributed by atoms with Gasteiger partial charge in [-0.1, -0.05) is 30.3 Å². The molecule has 3 nitrogen and oxygen atoms in total. The number of carboxylic acids is 1. The summed E-state index contributed by atoms with van der Waals surface area (Å²) in [5, 5.41) is 8.65. The summed E-state index contributed by atoms with van der Waals surface area (Å²) in [6.45, 7) is 0.144. The summed E-state index contributed by atoms with van der Waals surface area (Å²) in [5.74, 6) is -0.595. The lowest BCUT2D eigenvalue weighted by Crippen LogP contribution is -2.01. The van der Waals surface area contributed by atoms with Crippen LogP contribution in [0.1, 0.15) is 11.1 Å². The molecule has 0 fully saturated rings. The summed E-state index contributed by atoms with van der Waals surface area (Å²) in [6.07, 6.45) is -0.0202. The Kier molecular flexibility index (Phi) is 4.13. The minimum Gasteiger partial charge on any atom is -0.489 e. The highest BCUT2D eigenvalue weighted by atomic mass is 19.1. The minimum absolute atomic E-state index is 0.0202. The number of hydrogen-bond acceptors (Lipinski definition) is 2.